The van der Waals surface area contributed by atoms with Gasteiger partial charge in [-0.15, -0.1) is 0 Å². The molecule has 2 rings (SSSR count). The largest absolute Gasteiger partial charge is 0.488 e. The maximum atomic E-state index is 10.6. The molecular weight excluding hydrogens is 196 g/mol. The van der Waals surface area contributed by atoms with Crippen LogP contribution in [0.2, 0.25) is 0 Å². The van der Waals surface area contributed by atoms with Crippen molar-refractivity contribution >= 4 is 5.69 Å². The van der Waals surface area contributed by atoms with Crippen LogP contribution < -0.4 is 4.74 Å². The lowest BCUT2D eigenvalue weighted by atomic mass is 10.2. The Labute approximate surface area is 87.2 Å². The summed E-state index contributed by atoms with van der Waals surface area (Å²) in [7, 11) is 0. The fraction of sp³-hybridized carbons (Fsp3) is 0.500. The molecule has 0 atom stereocenters. The molecule has 0 spiro atoms. The minimum absolute atomic E-state index is 0.0112. The zero-order valence-electron chi connectivity index (χ0n) is 8.47. The van der Waals surface area contributed by atoms with E-state index in [1.54, 1.807) is 0 Å². The summed E-state index contributed by atoms with van der Waals surface area (Å²) < 4.78 is 5.57. The van der Waals surface area contributed by atoms with Crippen LogP contribution in [0.5, 0.6) is 5.75 Å². The van der Waals surface area contributed by atoms with Crippen molar-refractivity contribution < 1.29 is 9.66 Å². The minimum Gasteiger partial charge on any atom is -0.488 e. The number of hydrogen-bond acceptors (Lipinski definition) is 4. The molecule has 0 aromatic carbocycles. The molecule has 15 heavy (non-hydrogen) atoms. The maximum absolute atomic E-state index is 10.6. The van der Waals surface area contributed by atoms with Crippen LogP contribution in [0.3, 0.4) is 0 Å². The molecule has 1 fully saturated rings. The van der Waals surface area contributed by atoms with Crippen LogP contribution >= 0.6 is 0 Å². The third-order valence-electron chi connectivity index (χ3n) is 2.28. The van der Waals surface area contributed by atoms with E-state index in [-0.39, 0.29) is 11.8 Å². The Balaban J connectivity index is 2.28. The highest BCUT2D eigenvalue weighted by molar-refractivity contribution is 5.39. The van der Waals surface area contributed by atoms with Gasteiger partial charge in [0.1, 0.15) is 11.9 Å². The Morgan fingerprint density at radius 1 is 1.67 bits per heavy atom. The number of rotatable bonds is 4. The number of hydrogen-bond donors (Lipinski definition) is 0. The molecule has 1 aromatic rings. The fourth-order valence-corrected chi connectivity index (χ4v) is 1.30. The minimum atomic E-state index is -0.452. The van der Waals surface area contributed by atoms with Crippen LogP contribution in [0.15, 0.2) is 12.3 Å². The molecule has 0 unspecified atom stereocenters. The number of nitrogens with zero attached hydrogens (tertiary/aromatic N) is 2. The average molecular weight is 208 g/mol. The van der Waals surface area contributed by atoms with E-state index in [1.807, 2.05) is 6.92 Å². The van der Waals surface area contributed by atoms with Crippen LogP contribution in [0.4, 0.5) is 5.69 Å². The number of ether oxygens (including phenoxy) is 1. The van der Waals surface area contributed by atoms with Gasteiger partial charge in [-0.05, 0) is 19.3 Å². The number of nitro groups is 1. The molecule has 1 aromatic heterocycles. The van der Waals surface area contributed by atoms with Crippen molar-refractivity contribution in [2.75, 3.05) is 0 Å². The summed E-state index contributed by atoms with van der Waals surface area (Å²) in [5.41, 5.74) is 0.773. The molecule has 1 aliphatic carbocycles. The molecule has 0 saturated heterocycles. The van der Waals surface area contributed by atoms with Gasteiger partial charge in [-0.3, -0.25) is 15.1 Å². The van der Waals surface area contributed by atoms with Gasteiger partial charge in [-0.1, -0.05) is 6.92 Å². The van der Waals surface area contributed by atoms with Gasteiger partial charge < -0.3 is 4.74 Å². The number of aryl methyl sites for hydroxylation is 1. The van der Waals surface area contributed by atoms with E-state index in [9.17, 15) is 10.1 Å². The fourth-order valence-electron chi connectivity index (χ4n) is 1.30. The zero-order valence-corrected chi connectivity index (χ0v) is 8.47. The molecule has 1 heterocycles. The van der Waals surface area contributed by atoms with Gasteiger partial charge in [-0.25, -0.2) is 0 Å². The molecule has 0 amide bonds. The van der Waals surface area contributed by atoms with Crippen LogP contribution in [0.1, 0.15) is 25.5 Å². The third-order valence-corrected chi connectivity index (χ3v) is 2.28. The van der Waals surface area contributed by atoms with Gasteiger partial charge in [0.25, 0.3) is 5.69 Å². The molecule has 0 radical (unpaired) electrons. The monoisotopic (exact) mass is 208 g/mol. The SMILES string of the molecule is CCc1ncc([N+](=O)[O-])cc1OC1CC1. The first-order chi connectivity index (χ1) is 7.20. The van der Waals surface area contributed by atoms with E-state index in [0.717, 1.165) is 25.0 Å². The first kappa shape index (κ1) is 9.89. The quantitative estimate of drug-likeness (QED) is 0.561. The maximum Gasteiger partial charge on any atom is 0.291 e. The Hall–Kier alpha value is -1.65. The second-order valence-corrected chi connectivity index (χ2v) is 3.57. The summed E-state index contributed by atoms with van der Waals surface area (Å²) >= 11 is 0. The Morgan fingerprint density at radius 2 is 2.40 bits per heavy atom. The van der Waals surface area contributed by atoms with Crippen LogP contribution in [0.25, 0.3) is 0 Å². The highest BCUT2D eigenvalue weighted by Crippen LogP contribution is 2.30. The number of pyridine rings is 1. The first-order valence-electron chi connectivity index (χ1n) is 5.00. The van der Waals surface area contributed by atoms with Crippen LogP contribution in [-0.2, 0) is 6.42 Å². The normalized spacial score (nSPS) is 15.0. The molecule has 80 valence electrons. The molecule has 1 saturated carbocycles. The van der Waals surface area contributed by atoms with Crippen LogP contribution in [-0.4, -0.2) is 16.0 Å². The summed E-state index contributed by atoms with van der Waals surface area (Å²) in [6.07, 6.45) is 4.30. The first-order valence-corrected chi connectivity index (χ1v) is 5.00. The predicted octanol–water partition coefficient (Wildman–Crippen LogP) is 2.09. The van der Waals surface area contributed by atoms with Gasteiger partial charge in [-0.2, -0.15) is 0 Å². The van der Waals surface area contributed by atoms with Crippen molar-refractivity contribution in [2.45, 2.75) is 32.3 Å². The third kappa shape index (κ3) is 2.23. The van der Waals surface area contributed by atoms with Crippen molar-refractivity contribution in [3.63, 3.8) is 0 Å². The zero-order chi connectivity index (χ0) is 10.8. The summed E-state index contributed by atoms with van der Waals surface area (Å²) in [4.78, 5) is 14.1. The lowest BCUT2D eigenvalue weighted by Gasteiger charge is -2.07. The standard InChI is InChI=1S/C10H12N2O3/c1-2-9-10(15-8-3-4-8)5-7(6-11-9)12(13)14/h5-6,8H,2-4H2,1H3. The Kier molecular flexibility index (Phi) is 2.53. The summed E-state index contributed by atoms with van der Waals surface area (Å²) in [6.45, 7) is 1.95. The van der Waals surface area contributed by atoms with E-state index in [1.165, 1.54) is 12.3 Å². The molecule has 1 aliphatic rings. The van der Waals surface area contributed by atoms with Gasteiger partial charge in [0.05, 0.1) is 22.8 Å². The molecule has 5 nitrogen and oxygen atoms in total. The summed E-state index contributed by atoms with van der Waals surface area (Å²) in [6, 6.07) is 1.46. The van der Waals surface area contributed by atoms with E-state index in [2.05, 4.69) is 4.98 Å². The van der Waals surface area contributed by atoms with Crippen molar-refractivity contribution in [3.8, 4) is 5.75 Å². The lowest BCUT2D eigenvalue weighted by Crippen LogP contribution is -2.02. The van der Waals surface area contributed by atoms with E-state index in [4.69, 9.17) is 4.74 Å². The van der Waals surface area contributed by atoms with E-state index < -0.39 is 4.92 Å². The molecule has 0 bridgehead atoms. The van der Waals surface area contributed by atoms with Gasteiger partial charge in [0, 0.05) is 0 Å². The van der Waals surface area contributed by atoms with Gasteiger partial charge >= 0.3 is 0 Å². The summed E-state index contributed by atoms with van der Waals surface area (Å²) in [5.74, 6) is 0.564. The molecule has 5 heteroatoms. The highest BCUT2D eigenvalue weighted by atomic mass is 16.6. The predicted molar refractivity (Wildman–Crippen MR) is 53.9 cm³/mol. The van der Waals surface area contributed by atoms with E-state index >= 15 is 0 Å². The van der Waals surface area contributed by atoms with Crippen LogP contribution in [0, 0.1) is 10.1 Å². The Bertz CT molecular complexity index is 388. The van der Waals surface area contributed by atoms with Crippen molar-refractivity contribution in [1.29, 1.82) is 0 Å². The van der Waals surface area contributed by atoms with Crippen molar-refractivity contribution in [2.24, 2.45) is 0 Å². The van der Waals surface area contributed by atoms with Crippen molar-refractivity contribution in [1.82, 2.24) is 4.98 Å². The topological polar surface area (TPSA) is 65.3 Å². The Morgan fingerprint density at radius 3 is 2.93 bits per heavy atom. The second kappa shape index (κ2) is 3.84. The smallest absolute Gasteiger partial charge is 0.291 e. The summed E-state index contributed by atoms with van der Waals surface area (Å²) in [5, 5.41) is 10.6. The molecule has 0 aliphatic heterocycles. The second-order valence-electron chi connectivity index (χ2n) is 3.57. The van der Waals surface area contributed by atoms with E-state index in [0.29, 0.717) is 5.75 Å². The highest BCUT2D eigenvalue weighted by Gasteiger charge is 2.25. The van der Waals surface area contributed by atoms with Gasteiger partial charge in [0.15, 0.2) is 0 Å². The average Bonchev–Trinajstić information content (AvgIpc) is 3.01. The lowest BCUT2D eigenvalue weighted by molar-refractivity contribution is -0.385. The number of aromatic nitrogens is 1. The molecular formula is C10H12N2O3. The van der Waals surface area contributed by atoms with Crippen molar-refractivity contribution in [3.05, 3.63) is 28.1 Å². The van der Waals surface area contributed by atoms with Gasteiger partial charge in [0.2, 0.25) is 0 Å². The molecule has 0 N–H and O–H groups in total.